The minimum Gasteiger partial charge on any atom is -0.493 e. The van der Waals surface area contributed by atoms with Gasteiger partial charge in [0.15, 0.2) is 17.1 Å². The summed E-state index contributed by atoms with van der Waals surface area (Å²) in [5.41, 5.74) is 1.78. The number of rotatable bonds is 6. The number of aromatic nitrogens is 1. The van der Waals surface area contributed by atoms with Crippen molar-refractivity contribution in [3.8, 4) is 22.9 Å². The number of methoxy groups -OCH3 is 2. The van der Waals surface area contributed by atoms with Gasteiger partial charge < -0.3 is 28.4 Å². The molecule has 186 valence electrons. The number of amides is 1. The monoisotopic (exact) mass is 482 g/mol. The highest BCUT2D eigenvalue weighted by molar-refractivity contribution is 5.95. The molecule has 7 nitrogen and oxygen atoms in total. The van der Waals surface area contributed by atoms with Crippen molar-refractivity contribution in [1.29, 1.82) is 0 Å². The molecular formula is C27H31FN2O5. The van der Waals surface area contributed by atoms with Crippen molar-refractivity contribution in [2.24, 2.45) is 0 Å². The molecule has 1 saturated heterocycles. The van der Waals surface area contributed by atoms with Gasteiger partial charge in [-0.1, -0.05) is 0 Å². The average molecular weight is 483 g/mol. The predicted octanol–water partition coefficient (Wildman–Crippen LogP) is 4.81. The van der Waals surface area contributed by atoms with E-state index in [1.807, 2.05) is 30.2 Å². The molecule has 2 aromatic carbocycles. The molecule has 3 heterocycles. The smallest absolute Gasteiger partial charge is 0.253 e. The fraction of sp³-hybridized carbons (Fsp3) is 0.370. The Bertz CT molecular complexity index is 1240. The van der Waals surface area contributed by atoms with E-state index in [1.54, 1.807) is 38.5 Å². The fourth-order valence-electron chi connectivity index (χ4n) is 4.99. The first-order valence-corrected chi connectivity index (χ1v) is 11.7. The molecule has 1 spiro atoms. The number of likely N-dealkylation sites (tertiary alicyclic amines) is 1. The van der Waals surface area contributed by atoms with Crippen molar-refractivity contribution in [1.82, 2.24) is 9.47 Å². The third-order valence-corrected chi connectivity index (χ3v) is 6.70. The third kappa shape index (κ3) is 4.23. The number of nitrogens with zero attached hydrogens (tertiary/aromatic N) is 2. The first-order chi connectivity index (χ1) is 16.9. The lowest BCUT2D eigenvalue weighted by molar-refractivity contribution is -0.00951. The molecule has 3 aromatic rings. The minimum atomic E-state index is -0.603. The largest absolute Gasteiger partial charge is 0.493 e. The zero-order chi connectivity index (χ0) is 24.6. The molecule has 2 aliphatic rings. The summed E-state index contributed by atoms with van der Waals surface area (Å²) in [5.74, 6) is 1.18. The lowest BCUT2D eigenvalue weighted by atomic mass is 9.86. The number of benzene rings is 2. The van der Waals surface area contributed by atoms with Gasteiger partial charge in [-0.15, -0.1) is 0 Å². The molecule has 2 aliphatic heterocycles. The Balaban J connectivity index is 0.00000304. The molecule has 35 heavy (non-hydrogen) atoms. The maximum atomic E-state index is 13.9. The first-order valence-electron chi connectivity index (χ1n) is 11.7. The third-order valence-electron chi connectivity index (χ3n) is 6.70. The van der Waals surface area contributed by atoms with Crippen molar-refractivity contribution in [2.45, 2.75) is 31.5 Å². The van der Waals surface area contributed by atoms with Gasteiger partial charge in [-0.3, -0.25) is 4.79 Å². The second-order valence-corrected chi connectivity index (χ2v) is 9.01. The van der Waals surface area contributed by atoms with Crippen molar-refractivity contribution < 1.29 is 29.6 Å². The van der Waals surface area contributed by atoms with E-state index in [0.29, 0.717) is 55.4 Å². The van der Waals surface area contributed by atoms with Crippen LogP contribution in [0.15, 0.2) is 54.7 Å². The first kappa shape index (κ1) is 23.2. The van der Waals surface area contributed by atoms with Crippen LogP contribution in [0.5, 0.6) is 17.2 Å². The highest BCUT2D eigenvalue weighted by Crippen LogP contribution is 2.45. The Kier molecular flexibility index (Phi) is 6.15. The van der Waals surface area contributed by atoms with Crippen LogP contribution in [0, 0.1) is 5.82 Å². The van der Waals surface area contributed by atoms with Crippen molar-refractivity contribution in [2.75, 3.05) is 33.9 Å². The number of fused-ring (bicyclic) bond motifs is 4. The summed E-state index contributed by atoms with van der Waals surface area (Å²) in [6, 6.07) is 13.8. The Morgan fingerprint density at radius 2 is 1.94 bits per heavy atom. The average Bonchev–Trinajstić information content (AvgIpc) is 3.36. The van der Waals surface area contributed by atoms with Crippen molar-refractivity contribution >= 4 is 5.91 Å². The van der Waals surface area contributed by atoms with Crippen LogP contribution >= 0.6 is 0 Å². The van der Waals surface area contributed by atoms with Gasteiger partial charge in [0.2, 0.25) is 0 Å². The Labute approximate surface area is 205 Å². The second-order valence-electron chi connectivity index (χ2n) is 9.01. The van der Waals surface area contributed by atoms with E-state index in [9.17, 15) is 9.18 Å². The van der Waals surface area contributed by atoms with Crippen LogP contribution in [0.2, 0.25) is 0 Å². The van der Waals surface area contributed by atoms with Crippen molar-refractivity contribution in [3.05, 3.63) is 71.8 Å². The van der Waals surface area contributed by atoms with E-state index < -0.39 is 5.60 Å². The molecule has 8 heteroatoms. The quantitative estimate of drug-likeness (QED) is 0.505. The van der Waals surface area contributed by atoms with Crippen LogP contribution in [-0.2, 0) is 10.3 Å². The normalized spacial score (nSPS) is 16.7. The van der Waals surface area contributed by atoms with Crippen LogP contribution in [0.25, 0.3) is 5.69 Å². The topological polar surface area (TPSA) is 62.2 Å². The van der Waals surface area contributed by atoms with Crippen LogP contribution in [0.1, 0.15) is 37.2 Å². The summed E-state index contributed by atoms with van der Waals surface area (Å²) in [7, 11) is 3.17. The zero-order valence-electron chi connectivity index (χ0n) is 20.1. The highest BCUT2D eigenvalue weighted by Gasteiger charge is 2.44. The number of carbonyl (C=O) groups is 1. The van der Waals surface area contributed by atoms with Gasteiger partial charge in [0.05, 0.1) is 25.1 Å². The number of ether oxygens (including phenoxy) is 4. The summed E-state index contributed by atoms with van der Waals surface area (Å²) in [4.78, 5) is 15.2. The standard InChI is InChI=1S/C27H29FN2O5.H2/c1-18(17-32-2)34-22-9-6-19(15-24(22)33-3)26(31)29-13-10-27(11-14-29)25-5-4-12-30(25)21-8-7-20(28)16-23(21)35-27;/h4-9,12,15-16,18H,10-11,13-14,17H2,1-3H3;1H/t18-;/m1./s1. The summed E-state index contributed by atoms with van der Waals surface area (Å²) in [6.45, 7) is 3.38. The molecule has 0 saturated carbocycles. The molecule has 0 bridgehead atoms. The molecule has 1 atom stereocenters. The van der Waals surface area contributed by atoms with Gasteiger partial charge in [-0.2, -0.15) is 0 Å². The summed E-state index contributed by atoms with van der Waals surface area (Å²) < 4.78 is 38.9. The lowest BCUT2D eigenvalue weighted by Gasteiger charge is -2.45. The summed E-state index contributed by atoms with van der Waals surface area (Å²) in [6.07, 6.45) is 3.02. The van der Waals surface area contributed by atoms with Crippen molar-refractivity contribution in [3.63, 3.8) is 0 Å². The molecule has 0 aliphatic carbocycles. The zero-order valence-corrected chi connectivity index (χ0v) is 20.1. The van der Waals surface area contributed by atoms with E-state index in [-0.39, 0.29) is 19.3 Å². The van der Waals surface area contributed by atoms with E-state index in [0.717, 1.165) is 11.4 Å². The van der Waals surface area contributed by atoms with Gasteiger partial charge in [0.1, 0.15) is 17.7 Å². The lowest BCUT2D eigenvalue weighted by Crippen LogP contribution is -2.50. The van der Waals surface area contributed by atoms with Crippen LogP contribution < -0.4 is 14.2 Å². The Morgan fingerprint density at radius 1 is 1.14 bits per heavy atom. The summed E-state index contributed by atoms with van der Waals surface area (Å²) in [5, 5.41) is 0. The Morgan fingerprint density at radius 3 is 2.69 bits per heavy atom. The fourth-order valence-corrected chi connectivity index (χ4v) is 4.99. The van der Waals surface area contributed by atoms with E-state index in [2.05, 4.69) is 4.57 Å². The minimum absolute atomic E-state index is 0. The Hall–Kier alpha value is -3.52. The molecule has 1 amide bonds. The number of hydrogen-bond donors (Lipinski definition) is 0. The van der Waals surface area contributed by atoms with Gasteiger partial charge >= 0.3 is 0 Å². The van der Waals surface area contributed by atoms with Gasteiger partial charge in [-0.05, 0) is 49.4 Å². The SMILES string of the molecule is COC[C@@H](C)Oc1ccc(C(=O)N2CCC3(CC2)Oc2cc(F)ccc2-n2cccc23)cc1OC.[HH]. The molecular weight excluding hydrogens is 451 g/mol. The van der Waals surface area contributed by atoms with Crippen LogP contribution in [-0.4, -0.2) is 55.4 Å². The molecule has 1 aromatic heterocycles. The van der Waals surface area contributed by atoms with E-state index >= 15 is 0 Å². The maximum Gasteiger partial charge on any atom is 0.253 e. The predicted molar refractivity (Wildman–Crippen MR) is 130 cm³/mol. The number of carbonyl (C=O) groups excluding carboxylic acids is 1. The number of piperidine rings is 1. The molecule has 0 N–H and O–H groups in total. The molecule has 1 fully saturated rings. The van der Waals surface area contributed by atoms with E-state index in [1.165, 1.54) is 12.1 Å². The molecule has 0 unspecified atom stereocenters. The number of hydrogen-bond acceptors (Lipinski definition) is 5. The van der Waals surface area contributed by atoms with Gasteiger partial charge in [0.25, 0.3) is 5.91 Å². The maximum absolute atomic E-state index is 13.9. The highest BCUT2D eigenvalue weighted by atomic mass is 19.1. The second kappa shape index (κ2) is 9.26. The van der Waals surface area contributed by atoms with E-state index in [4.69, 9.17) is 18.9 Å². The van der Waals surface area contributed by atoms with Crippen LogP contribution in [0.4, 0.5) is 4.39 Å². The van der Waals surface area contributed by atoms with Gasteiger partial charge in [-0.25, -0.2) is 4.39 Å². The van der Waals surface area contributed by atoms with Gasteiger partial charge in [0, 0.05) is 52.3 Å². The number of halogens is 1. The summed E-state index contributed by atoms with van der Waals surface area (Å²) >= 11 is 0. The molecule has 0 radical (unpaired) electrons. The van der Waals surface area contributed by atoms with Crippen LogP contribution in [0.3, 0.4) is 0 Å². The molecule has 5 rings (SSSR count).